The average Bonchev–Trinajstić information content (AvgIpc) is 3.07. The molecule has 1 saturated carbocycles. The van der Waals surface area contributed by atoms with E-state index >= 15 is 0 Å². The Kier molecular flexibility index (Phi) is 5.26. The standard InChI is InChI=1S/C25H36O4/c1-17-15-23-25(29-14-12-27-23)16-20(17)7-6-19-5-4-10-24(3)21(8-9-22(19)24)18(2)26-11-13-28-25/h5-7,18,21-23H,4,8-16H2,1-3H3/b7-6-/t18?,21-,22?,23?,24-,25?/m1/s1. The summed E-state index contributed by atoms with van der Waals surface area (Å²) in [5, 5.41) is 0. The molecule has 0 N–H and O–H groups in total. The van der Waals surface area contributed by atoms with Crippen molar-refractivity contribution in [1.82, 2.24) is 0 Å². The van der Waals surface area contributed by atoms with Gasteiger partial charge in [0.15, 0.2) is 5.79 Å². The minimum absolute atomic E-state index is 0.0212. The van der Waals surface area contributed by atoms with Crippen molar-refractivity contribution in [2.24, 2.45) is 17.3 Å². The van der Waals surface area contributed by atoms with Crippen molar-refractivity contribution in [3.05, 3.63) is 34.9 Å². The van der Waals surface area contributed by atoms with E-state index in [1.165, 1.54) is 42.4 Å². The fourth-order valence-electron chi connectivity index (χ4n) is 6.80. The van der Waals surface area contributed by atoms with Crippen molar-refractivity contribution >= 4 is 0 Å². The van der Waals surface area contributed by atoms with Gasteiger partial charge in [0.1, 0.15) is 6.10 Å². The van der Waals surface area contributed by atoms with E-state index in [4.69, 9.17) is 18.9 Å². The van der Waals surface area contributed by atoms with Gasteiger partial charge in [0.2, 0.25) is 0 Å². The zero-order valence-electron chi connectivity index (χ0n) is 18.2. The van der Waals surface area contributed by atoms with Gasteiger partial charge in [-0.2, -0.15) is 0 Å². The highest BCUT2D eigenvalue weighted by molar-refractivity contribution is 5.37. The topological polar surface area (TPSA) is 36.9 Å². The van der Waals surface area contributed by atoms with Crippen molar-refractivity contribution in [3.8, 4) is 0 Å². The van der Waals surface area contributed by atoms with Crippen LogP contribution >= 0.6 is 0 Å². The van der Waals surface area contributed by atoms with Crippen molar-refractivity contribution in [2.75, 3.05) is 26.4 Å². The van der Waals surface area contributed by atoms with Crippen LogP contribution in [0.2, 0.25) is 0 Å². The van der Waals surface area contributed by atoms with Crippen LogP contribution in [0.3, 0.4) is 0 Å². The summed E-state index contributed by atoms with van der Waals surface area (Å²) >= 11 is 0. The molecule has 2 fully saturated rings. The van der Waals surface area contributed by atoms with E-state index in [0.717, 1.165) is 12.8 Å². The van der Waals surface area contributed by atoms with Gasteiger partial charge < -0.3 is 18.9 Å². The van der Waals surface area contributed by atoms with Crippen LogP contribution < -0.4 is 0 Å². The zero-order valence-corrected chi connectivity index (χ0v) is 18.2. The maximum absolute atomic E-state index is 6.39. The zero-order chi connectivity index (χ0) is 20.1. The second kappa shape index (κ2) is 7.64. The Balaban J connectivity index is 1.51. The first kappa shape index (κ1) is 20.0. The largest absolute Gasteiger partial charge is 0.376 e. The first-order valence-corrected chi connectivity index (χ1v) is 11.6. The molecule has 1 spiro atoms. The van der Waals surface area contributed by atoms with Gasteiger partial charge in [-0.25, -0.2) is 0 Å². The average molecular weight is 401 g/mol. The molecule has 4 unspecified atom stereocenters. The Morgan fingerprint density at radius 3 is 2.62 bits per heavy atom. The lowest BCUT2D eigenvalue weighted by Crippen LogP contribution is -2.55. The lowest BCUT2D eigenvalue weighted by atomic mass is 9.64. The molecule has 3 aliphatic carbocycles. The molecule has 5 aliphatic rings. The molecule has 1 saturated heterocycles. The predicted molar refractivity (Wildman–Crippen MR) is 113 cm³/mol. The first-order valence-electron chi connectivity index (χ1n) is 11.6. The van der Waals surface area contributed by atoms with Crippen molar-refractivity contribution < 1.29 is 18.9 Å². The smallest absolute Gasteiger partial charge is 0.199 e. The molecule has 6 bridgehead atoms. The van der Waals surface area contributed by atoms with Crippen LogP contribution in [-0.2, 0) is 18.9 Å². The highest BCUT2D eigenvalue weighted by atomic mass is 16.7. The number of hydrogen-bond donors (Lipinski definition) is 0. The van der Waals surface area contributed by atoms with E-state index in [1.54, 1.807) is 0 Å². The van der Waals surface area contributed by atoms with E-state index in [0.29, 0.717) is 43.7 Å². The fourth-order valence-corrected chi connectivity index (χ4v) is 6.80. The minimum Gasteiger partial charge on any atom is -0.376 e. The van der Waals surface area contributed by atoms with Gasteiger partial charge in [0, 0.05) is 12.8 Å². The maximum atomic E-state index is 6.39. The van der Waals surface area contributed by atoms with Crippen LogP contribution in [0.4, 0.5) is 0 Å². The Bertz CT molecular complexity index is 737. The van der Waals surface area contributed by atoms with Gasteiger partial charge >= 0.3 is 0 Å². The molecule has 160 valence electrons. The van der Waals surface area contributed by atoms with Gasteiger partial charge in [-0.3, -0.25) is 0 Å². The molecule has 0 amide bonds. The minimum atomic E-state index is -0.664. The molecular formula is C25H36O4. The Morgan fingerprint density at radius 2 is 1.79 bits per heavy atom. The SMILES string of the molecule is CC1=C2/C=C\C3=CCC[C@@]4(C)C3CC[C@@H]4C(C)OCCOC3(C2)OCCOC3C1. The second-order valence-electron chi connectivity index (χ2n) is 9.95. The number of rotatable bonds is 0. The molecule has 0 aromatic carbocycles. The third-order valence-corrected chi connectivity index (χ3v) is 8.44. The summed E-state index contributed by atoms with van der Waals surface area (Å²) < 4.78 is 25.1. The lowest BCUT2D eigenvalue weighted by Gasteiger charge is -2.47. The molecule has 0 aromatic heterocycles. The third kappa shape index (κ3) is 3.37. The van der Waals surface area contributed by atoms with E-state index < -0.39 is 5.79 Å². The van der Waals surface area contributed by atoms with Gasteiger partial charge in [0.05, 0.1) is 32.5 Å². The van der Waals surface area contributed by atoms with Crippen LogP contribution in [-0.4, -0.2) is 44.4 Å². The van der Waals surface area contributed by atoms with Crippen LogP contribution in [0.15, 0.2) is 34.9 Å². The fraction of sp³-hybridized carbons (Fsp3) is 0.760. The van der Waals surface area contributed by atoms with Gasteiger partial charge in [-0.1, -0.05) is 30.7 Å². The summed E-state index contributed by atoms with van der Waals surface area (Å²) in [4.78, 5) is 0. The summed E-state index contributed by atoms with van der Waals surface area (Å²) in [5.74, 6) is 0.610. The van der Waals surface area contributed by atoms with E-state index in [1.807, 2.05) is 0 Å². The lowest BCUT2D eigenvalue weighted by molar-refractivity contribution is -0.328. The summed E-state index contributed by atoms with van der Waals surface area (Å²) in [6, 6.07) is 0. The Labute approximate surface area is 175 Å². The predicted octanol–water partition coefficient (Wildman–Crippen LogP) is 4.95. The number of fused-ring (bicyclic) bond motifs is 1. The molecule has 4 heteroatoms. The summed E-state index contributed by atoms with van der Waals surface area (Å²) in [5.41, 5.74) is 4.63. The van der Waals surface area contributed by atoms with E-state index in [9.17, 15) is 0 Å². The monoisotopic (exact) mass is 400 g/mol. The third-order valence-electron chi connectivity index (χ3n) is 8.44. The Morgan fingerprint density at radius 1 is 1.00 bits per heavy atom. The number of allylic oxidation sites excluding steroid dienone is 4. The molecular weight excluding hydrogens is 364 g/mol. The van der Waals surface area contributed by atoms with E-state index in [2.05, 4.69) is 39.0 Å². The Hall–Kier alpha value is -0.940. The van der Waals surface area contributed by atoms with Crippen molar-refractivity contribution in [2.45, 2.75) is 77.3 Å². The molecule has 29 heavy (non-hydrogen) atoms. The molecule has 0 radical (unpaired) electrons. The van der Waals surface area contributed by atoms with Gasteiger partial charge in [0.25, 0.3) is 0 Å². The van der Waals surface area contributed by atoms with E-state index in [-0.39, 0.29) is 12.2 Å². The molecule has 6 atom stereocenters. The molecule has 4 nitrogen and oxygen atoms in total. The van der Waals surface area contributed by atoms with Crippen LogP contribution in [0.25, 0.3) is 0 Å². The number of hydrogen-bond acceptors (Lipinski definition) is 4. The quantitative estimate of drug-likeness (QED) is 0.576. The van der Waals surface area contributed by atoms with Crippen LogP contribution in [0.1, 0.15) is 59.3 Å². The van der Waals surface area contributed by atoms with Crippen LogP contribution in [0, 0.1) is 17.3 Å². The normalized spacial score (nSPS) is 46.5. The highest BCUT2D eigenvalue weighted by Gasteiger charge is 2.51. The molecule has 2 aliphatic heterocycles. The van der Waals surface area contributed by atoms with Gasteiger partial charge in [-0.05, 0) is 67.9 Å². The summed E-state index contributed by atoms with van der Waals surface area (Å²) in [6.07, 6.45) is 14.1. The number of ether oxygens (including phenoxy) is 4. The summed E-state index contributed by atoms with van der Waals surface area (Å²) in [7, 11) is 0. The first-order chi connectivity index (χ1) is 14.0. The molecule has 0 aromatic rings. The van der Waals surface area contributed by atoms with Crippen molar-refractivity contribution in [1.29, 1.82) is 0 Å². The molecule has 5 rings (SSSR count). The summed E-state index contributed by atoms with van der Waals surface area (Å²) in [6.45, 7) is 9.43. The van der Waals surface area contributed by atoms with Gasteiger partial charge in [-0.15, -0.1) is 0 Å². The van der Waals surface area contributed by atoms with Crippen LogP contribution in [0.5, 0.6) is 0 Å². The second-order valence-corrected chi connectivity index (χ2v) is 9.95. The molecule has 2 heterocycles. The maximum Gasteiger partial charge on any atom is 0.199 e. The van der Waals surface area contributed by atoms with Crippen molar-refractivity contribution in [3.63, 3.8) is 0 Å². The highest BCUT2D eigenvalue weighted by Crippen LogP contribution is 2.57.